The number of rotatable bonds is 1. The molecule has 21 heavy (non-hydrogen) atoms. The fourth-order valence-electron chi connectivity index (χ4n) is 7.35. The molecule has 5 aliphatic rings. The van der Waals surface area contributed by atoms with Gasteiger partial charge < -0.3 is 5.11 Å². The van der Waals surface area contributed by atoms with Gasteiger partial charge in [-0.3, -0.25) is 0 Å². The Morgan fingerprint density at radius 1 is 1.10 bits per heavy atom. The Morgan fingerprint density at radius 2 is 2.05 bits per heavy atom. The van der Waals surface area contributed by atoms with E-state index in [4.69, 9.17) is 0 Å². The predicted molar refractivity (Wildman–Crippen MR) is 84.7 cm³/mol. The Morgan fingerprint density at radius 3 is 3.00 bits per heavy atom. The molecule has 0 radical (unpaired) electrons. The van der Waals surface area contributed by atoms with Crippen LogP contribution in [0.25, 0.3) is 0 Å². The minimum atomic E-state index is -0.0646. The lowest BCUT2D eigenvalue weighted by molar-refractivity contribution is -0.0296. The Balaban J connectivity index is 1.57. The maximum atomic E-state index is 11.0. The summed E-state index contributed by atoms with van der Waals surface area (Å²) in [4.78, 5) is 0. The molecule has 2 bridgehead atoms. The first kappa shape index (κ1) is 12.9. The van der Waals surface area contributed by atoms with Crippen LogP contribution < -0.4 is 0 Å². The molecular weight excluding hydrogens is 256 g/mol. The van der Waals surface area contributed by atoms with Crippen molar-refractivity contribution in [1.29, 1.82) is 0 Å². The van der Waals surface area contributed by atoms with E-state index in [2.05, 4.69) is 18.2 Å². The molecule has 0 saturated heterocycles. The second kappa shape index (κ2) is 4.47. The number of aliphatic hydroxyl groups excluding tert-OH is 1. The van der Waals surface area contributed by atoms with Crippen molar-refractivity contribution in [2.24, 2.45) is 35.0 Å². The second-order valence-electron chi connectivity index (χ2n) is 8.55. The summed E-state index contributed by atoms with van der Waals surface area (Å²) in [6.07, 6.45) is 19.4. The van der Waals surface area contributed by atoms with Crippen LogP contribution in [0.15, 0.2) is 23.8 Å². The highest BCUT2D eigenvalue weighted by molar-refractivity contribution is 5.31. The van der Waals surface area contributed by atoms with Crippen LogP contribution in [0.3, 0.4) is 0 Å². The molecule has 0 aliphatic heterocycles. The van der Waals surface area contributed by atoms with E-state index in [0.29, 0.717) is 17.3 Å². The summed E-state index contributed by atoms with van der Waals surface area (Å²) in [5.74, 6) is 3.99. The van der Waals surface area contributed by atoms with Crippen molar-refractivity contribution in [1.82, 2.24) is 0 Å². The molecule has 7 atom stereocenters. The molecule has 114 valence electrons. The van der Waals surface area contributed by atoms with Crippen LogP contribution in [0, 0.1) is 35.0 Å². The Kier molecular flexibility index (Phi) is 2.75. The maximum Gasteiger partial charge on any atom is 0.0614 e. The molecule has 7 unspecified atom stereocenters. The molecule has 1 nitrogen and oxygen atoms in total. The van der Waals surface area contributed by atoms with Crippen molar-refractivity contribution < 1.29 is 5.11 Å². The molecule has 0 amide bonds. The summed E-state index contributed by atoms with van der Waals surface area (Å²) in [6.45, 7) is 0. The van der Waals surface area contributed by atoms with Crippen molar-refractivity contribution in [2.45, 2.75) is 63.9 Å². The van der Waals surface area contributed by atoms with E-state index in [0.717, 1.165) is 24.2 Å². The molecule has 1 N–H and O–H groups in total. The fourth-order valence-corrected chi connectivity index (χ4v) is 7.35. The van der Waals surface area contributed by atoms with Crippen LogP contribution in [0.5, 0.6) is 0 Å². The number of hydrogen-bond acceptors (Lipinski definition) is 1. The lowest BCUT2D eigenvalue weighted by atomic mass is 9.56. The third-order valence-electron chi connectivity index (χ3n) is 8.01. The van der Waals surface area contributed by atoms with Crippen LogP contribution in [-0.4, -0.2) is 11.2 Å². The van der Waals surface area contributed by atoms with Crippen molar-refractivity contribution in [3.8, 4) is 0 Å². The summed E-state index contributed by atoms with van der Waals surface area (Å²) in [7, 11) is 0. The highest BCUT2D eigenvalue weighted by atomic mass is 16.3. The van der Waals surface area contributed by atoms with Gasteiger partial charge in [0.2, 0.25) is 0 Å². The van der Waals surface area contributed by atoms with Gasteiger partial charge in [-0.2, -0.15) is 0 Å². The molecule has 0 aromatic rings. The van der Waals surface area contributed by atoms with Crippen LogP contribution in [0.2, 0.25) is 0 Å². The first-order valence-corrected chi connectivity index (χ1v) is 9.35. The largest absolute Gasteiger partial charge is 0.392 e. The summed E-state index contributed by atoms with van der Waals surface area (Å²) >= 11 is 0. The van der Waals surface area contributed by atoms with E-state index in [-0.39, 0.29) is 6.10 Å². The zero-order valence-corrected chi connectivity index (χ0v) is 13.0. The van der Waals surface area contributed by atoms with E-state index < -0.39 is 0 Å². The van der Waals surface area contributed by atoms with Gasteiger partial charge in [0.05, 0.1) is 6.10 Å². The van der Waals surface area contributed by atoms with Gasteiger partial charge in [-0.1, -0.05) is 24.6 Å². The summed E-state index contributed by atoms with van der Waals surface area (Å²) in [5, 5.41) is 11.0. The topological polar surface area (TPSA) is 20.2 Å². The van der Waals surface area contributed by atoms with Gasteiger partial charge >= 0.3 is 0 Å². The predicted octanol–water partition coefficient (Wildman–Crippen LogP) is 4.48. The van der Waals surface area contributed by atoms with Crippen LogP contribution >= 0.6 is 0 Å². The zero-order chi connectivity index (χ0) is 14.0. The molecule has 0 spiro atoms. The highest BCUT2D eigenvalue weighted by Gasteiger charge is 2.63. The van der Waals surface area contributed by atoms with Gasteiger partial charge in [-0.25, -0.2) is 0 Å². The van der Waals surface area contributed by atoms with Crippen molar-refractivity contribution >= 4 is 0 Å². The van der Waals surface area contributed by atoms with Gasteiger partial charge in [-0.05, 0) is 86.0 Å². The Labute approximate surface area is 128 Å². The Bertz CT molecular complexity index is 504. The molecule has 5 aliphatic carbocycles. The zero-order valence-electron chi connectivity index (χ0n) is 13.0. The SMILES string of the molecule is OC1CC2CCC=CC2=CC1C12CCCC1C1CCC2C1. The molecule has 0 aromatic heterocycles. The smallest absolute Gasteiger partial charge is 0.0614 e. The minimum absolute atomic E-state index is 0.0646. The number of allylic oxidation sites excluding steroid dienone is 3. The number of hydrogen-bond donors (Lipinski definition) is 1. The van der Waals surface area contributed by atoms with Gasteiger partial charge in [0.1, 0.15) is 0 Å². The third-order valence-corrected chi connectivity index (χ3v) is 8.01. The van der Waals surface area contributed by atoms with E-state index in [1.54, 1.807) is 5.57 Å². The summed E-state index contributed by atoms with van der Waals surface area (Å²) in [5.41, 5.74) is 2.06. The van der Waals surface area contributed by atoms with Crippen LogP contribution in [0.4, 0.5) is 0 Å². The molecular formula is C20H28O. The lowest BCUT2D eigenvalue weighted by Crippen LogP contribution is -2.46. The monoisotopic (exact) mass is 284 g/mol. The summed E-state index contributed by atoms with van der Waals surface area (Å²) < 4.78 is 0. The number of aliphatic hydroxyl groups is 1. The maximum absolute atomic E-state index is 11.0. The standard InChI is InChI=1S/C20H28O/c21-19-12-14-5-2-1-4-13(14)11-18(19)20-9-3-6-17(20)15-7-8-16(20)10-15/h1,4,11,14-19,21H,2-3,5-10,12H2. The molecule has 3 saturated carbocycles. The average Bonchev–Trinajstić information content (AvgIpc) is 3.19. The van der Waals surface area contributed by atoms with E-state index in [1.165, 1.54) is 51.4 Å². The van der Waals surface area contributed by atoms with E-state index >= 15 is 0 Å². The minimum Gasteiger partial charge on any atom is -0.392 e. The molecule has 5 rings (SSSR count). The van der Waals surface area contributed by atoms with Crippen LogP contribution in [0.1, 0.15) is 57.8 Å². The van der Waals surface area contributed by atoms with Gasteiger partial charge in [-0.15, -0.1) is 0 Å². The molecule has 3 fully saturated rings. The Hall–Kier alpha value is -0.560. The van der Waals surface area contributed by atoms with Gasteiger partial charge in [0.15, 0.2) is 0 Å². The lowest BCUT2D eigenvalue weighted by Gasteiger charge is -2.49. The van der Waals surface area contributed by atoms with Gasteiger partial charge in [0, 0.05) is 5.92 Å². The molecule has 1 heteroatoms. The van der Waals surface area contributed by atoms with E-state index in [1.807, 2.05) is 0 Å². The quantitative estimate of drug-likeness (QED) is 0.753. The first-order valence-electron chi connectivity index (χ1n) is 9.35. The average molecular weight is 284 g/mol. The first-order chi connectivity index (χ1) is 10.3. The van der Waals surface area contributed by atoms with Gasteiger partial charge in [0.25, 0.3) is 0 Å². The normalized spacial score (nSPS) is 54.4. The van der Waals surface area contributed by atoms with Crippen molar-refractivity contribution in [3.05, 3.63) is 23.8 Å². The third kappa shape index (κ3) is 1.62. The van der Waals surface area contributed by atoms with Crippen molar-refractivity contribution in [3.63, 3.8) is 0 Å². The van der Waals surface area contributed by atoms with E-state index in [9.17, 15) is 5.11 Å². The number of fused-ring (bicyclic) bond motifs is 6. The fraction of sp³-hybridized carbons (Fsp3) is 0.800. The molecule has 0 heterocycles. The summed E-state index contributed by atoms with van der Waals surface area (Å²) in [6, 6.07) is 0. The highest BCUT2D eigenvalue weighted by Crippen LogP contribution is 2.70. The second-order valence-corrected chi connectivity index (χ2v) is 8.55. The van der Waals surface area contributed by atoms with Crippen LogP contribution in [-0.2, 0) is 0 Å². The molecule has 0 aromatic carbocycles. The van der Waals surface area contributed by atoms with Crippen molar-refractivity contribution in [2.75, 3.05) is 0 Å².